The van der Waals surface area contributed by atoms with Crippen LogP contribution in [-0.2, 0) is 36.8 Å². The van der Waals surface area contributed by atoms with E-state index in [1.165, 1.54) is 77.3 Å². The molecule has 10 N–H and O–H groups in total. The Bertz CT molecular complexity index is 5510. The van der Waals surface area contributed by atoms with Crippen LogP contribution in [0.5, 0.6) is 57.5 Å². The van der Waals surface area contributed by atoms with Gasteiger partial charge in [0.25, 0.3) is 29.5 Å². The number of nitrogens with zero attached hydrogens (tertiary/aromatic N) is 10. The number of aliphatic hydroxyl groups excluding tert-OH is 5. The summed E-state index contributed by atoms with van der Waals surface area (Å²) in [6.45, 7) is 10.9. The molecule has 36 nitrogen and oxygen atoms in total. The maximum absolute atomic E-state index is 13.2. The number of carbonyl (C=O) groups excluding carboxylic acids is 10. The summed E-state index contributed by atoms with van der Waals surface area (Å²) in [5.74, 6) is 0.205. The number of ether oxygens (including phenoxy) is 6. The number of piperidine rings is 2. The largest absolute Gasteiger partial charge is 0.507 e. The predicted octanol–water partition coefficient (Wildman–Crippen LogP) is 11.0. The summed E-state index contributed by atoms with van der Waals surface area (Å²) in [7, 11) is 0. The third-order valence-corrected chi connectivity index (χ3v) is 25.8. The van der Waals surface area contributed by atoms with Crippen LogP contribution in [0, 0.1) is 0 Å². The fraction of sp³-hybridized carbons (Fsp3) is 0.393. The van der Waals surface area contributed by atoms with E-state index in [4.69, 9.17) is 28.4 Å². The number of ketones is 5. The molecule has 0 saturated carbocycles. The smallest absolute Gasteiger partial charge is 0.274 e. The van der Waals surface area contributed by atoms with Gasteiger partial charge < -0.3 is 104 Å². The minimum absolute atomic E-state index is 0.0117. The van der Waals surface area contributed by atoms with E-state index in [-0.39, 0.29) is 236 Å². The van der Waals surface area contributed by atoms with E-state index in [0.717, 1.165) is 62.7 Å². The van der Waals surface area contributed by atoms with Crippen molar-refractivity contribution >= 4 is 70.2 Å². The molecule has 5 aliphatic rings. The van der Waals surface area contributed by atoms with Gasteiger partial charge in [0.1, 0.15) is 124 Å². The SMILES string of the molecule is CC(=O)c1c(O)cccc1OC[C@@H]1CCCCN1C(=O)c1ccccc1CCO.CC(=O)c1c(O)cccc1OC[C@@H]1CCCCN1C(=O)c1nccnc1CCO.CC(=O)c1c(O)cccc1OC[C@@H]1CCCN1C(=O)c1cccnc1CCO.CC(=O)c1c(O)cccc1OC[C@@H]1COCCN1C(=O)c1cccnc1CCO.CC(=O)c1c(O)cccc1OC[C@@H]1CSCCN1C(=O)c1cccnc1CCO. The number of phenolic OH excluding ortho intramolecular Hbond substituents is 5. The highest BCUT2D eigenvalue weighted by molar-refractivity contribution is 7.99. The highest BCUT2D eigenvalue weighted by atomic mass is 32.2. The van der Waals surface area contributed by atoms with Crippen LogP contribution in [0.3, 0.4) is 0 Å². The Morgan fingerprint density at radius 3 is 1.02 bits per heavy atom. The Balaban J connectivity index is 0.000000172. The van der Waals surface area contributed by atoms with Crippen molar-refractivity contribution in [3.63, 3.8) is 0 Å². The van der Waals surface area contributed by atoms with Gasteiger partial charge in [-0.25, -0.2) is 4.98 Å². The van der Waals surface area contributed by atoms with Gasteiger partial charge >= 0.3 is 0 Å². The topological polar surface area (TPSA) is 509 Å². The summed E-state index contributed by atoms with van der Waals surface area (Å²) < 4.78 is 34.8. The molecule has 10 aromatic rings. The lowest BCUT2D eigenvalue weighted by atomic mass is 9.98. The zero-order valence-electron chi connectivity index (χ0n) is 81.2. The quantitative estimate of drug-likeness (QED) is 0.0165. The van der Waals surface area contributed by atoms with Crippen LogP contribution in [0.4, 0.5) is 0 Å². The number of aromatic nitrogens is 5. The number of pyridine rings is 3. The molecular weight excluding hydrogens is 1870 g/mol. The second-order valence-electron chi connectivity index (χ2n) is 34.5. The minimum atomic E-state index is -0.374. The maximum Gasteiger partial charge on any atom is 0.274 e. The molecule has 0 unspecified atom stereocenters. The number of amides is 5. The molecule has 0 spiro atoms. The molecule has 764 valence electrons. The van der Waals surface area contributed by atoms with Crippen LogP contribution < -0.4 is 23.7 Å². The van der Waals surface area contributed by atoms with E-state index < -0.39 is 0 Å². The number of aromatic hydroxyl groups is 5. The molecule has 6 aromatic carbocycles. The number of morpholine rings is 1. The Labute approximate surface area is 838 Å². The molecule has 5 aliphatic heterocycles. The third kappa shape index (κ3) is 29.2. The number of aliphatic hydroxyl groups is 5. The zero-order chi connectivity index (χ0) is 103. The average molecular weight is 2000 g/mol. The standard InChI is InChI=1S/C23H27NO5.C21H25N3O5.C21H24N2O6.C21H24N2O5S.C21H24N2O5/c1-16(26)22-20(27)10-6-11-21(22)29-15-18-8-4-5-13-24(18)23(28)19-9-3-2-7-17(19)12-14-25;1-14(26)19-17(27)6-4-7-18(19)29-13-15-5-2-3-11-24(15)21(28)20-16(8-12-25)22-9-10-23-20;1-14(25)20-18(26)5-2-6-19(20)29-13-15-12-28-11-9-23(15)21(27)16-4-3-8-22-17(16)7-10-24;1-14(25)20-18(26)5-2-6-19(20)28-12-15-13-29-11-9-23(15)21(27)16-4-3-8-22-17(16)7-10-24;1-14(25)20-18(26)7-2-8-19(20)28-13-15-5-4-11-23(15)21(27)16-6-3-10-22-17(16)9-12-24/h2-3,6-7,9-11,18,25,27H,4-5,8,12-15H2,1H3;4,6-7,9-10,15,25,27H,2-3,5,8,11-13H2,1H3;2*2-6,8,15,24,26H,7,9-13H2,1H3;2-3,6-8,10,15,24,26H,4-5,9,11-13H2,1H3/t18-;4*15-/m00010/s1. The van der Waals surface area contributed by atoms with Gasteiger partial charge in [-0.3, -0.25) is 67.9 Å². The lowest BCUT2D eigenvalue weighted by Crippen LogP contribution is -2.51. The number of likely N-dealkylation sites (tertiary alicyclic amines) is 3. The number of hydrogen-bond donors (Lipinski definition) is 10. The first-order valence-corrected chi connectivity index (χ1v) is 49.0. The summed E-state index contributed by atoms with van der Waals surface area (Å²) in [6.07, 6.45) is 16.4. The monoisotopic (exact) mass is 2000 g/mol. The molecule has 15 rings (SSSR count). The van der Waals surface area contributed by atoms with E-state index in [0.29, 0.717) is 139 Å². The average Bonchev–Trinajstić information content (AvgIpc) is 1.80. The van der Waals surface area contributed by atoms with Crippen molar-refractivity contribution < 1.29 is 127 Å². The highest BCUT2D eigenvalue weighted by Gasteiger charge is 2.38. The number of phenols is 5. The number of benzene rings is 6. The van der Waals surface area contributed by atoms with Crippen molar-refractivity contribution in [1.82, 2.24) is 49.4 Å². The van der Waals surface area contributed by atoms with E-state index in [1.807, 2.05) is 23.1 Å². The summed E-state index contributed by atoms with van der Waals surface area (Å²) in [5.41, 5.74) is 5.97. The van der Waals surface area contributed by atoms with Gasteiger partial charge in [0, 0.05) is 139 Å². The third-order valence-electron chi connectivity index (χ3n) is 24.7. The fourth-order valence-corrected chi connectivity index (χ4v) is 18.7. The number of Topliss-reactive ketones (excluding diaryl/α,β-unsaturated/α-hetero) is 5. The van der Waals surface area contributed by atoms with Gasteiger partial charge in [0.2, 0.25) is 0 Å². The van der Waals surface area contributed by atoms with Crippen LogP contribution in [0.25, 0.3) is 0 Å². The molecule has 0 bridgehead atoms. The Kier molecular flexibility index (Phi) is 42.3. The number of carbonyl (C=O) groups is 10. The van der Waals surface area contributed by atoms with Crippen LogP contribution in [-0.4, -0.2) is 313 Å². The lowest BCUT2D eigenvalue weighted by Gasteiger charge is -2.36. The van der Waals surface area contributed by atoms with Gasteiger partial charge in [-0.2, -0.15) is 11.8 Å². The van der Waals surface area contributed by atoms with Crippen molar-refractivity contribution in [3.05, 3.63) is 267 Å². The van der Waals surface area contributed by atoms with Gasteiger partial charge in [0.05, 0.1) is 82.9 Å². The molecule has 5 amide bonds. The summed E-state index contributed by atoms with van der Waals surface area (Å²) in [4.78, 5) is 155. The zero-order valence-corrected chi connectivity index (χ0v) is 82.0. The second-order valence-corrected chi connectivity index (χ2v) is 35.7. The minimum Gasteiger partial charge on any atom is -0.507 e. The normalized spacial score (nSPS) is 16.4. The Hall–Kier alpha value is -14.3. The predicted molar refractivity (Wildman–Crippen MR) is 532 cm³/mol. The summed E-state index contributed by atoms with van der Waals surface area (Å²) in [5, 5.41) is 96.0. The van der Waals surface area contributed by atoms with Gasteiger partial charge in [-0.1, -0.05) is 48.5 Å². The van der Waals surface area contributed by atoms with Gasteiger partial charge in [-0.15, -0.1) is 0 Å². The number of hydrogen-bond acceptors (Lipinski definition) is 32. The first-order chi connectivity index (χ1) is 69.6. The summed E-state index contributed by atoms with van der Waals surface area (Å²) in [6, 6.07) is 40.0. The lowest BCUT2D eigenvalue weighted by molar-refractivity contribution is -0.0152. The maximum atomic E-state index is 13.2. The van der Waals surface area contributed by atoms with E-state index in [9.17, 15) is 99.0 Å². The first-order valence-electron chi connectivity index (χ1n) is 47.9. The molecule has 144 heavy (non-hydrogen) atoms. The van der Waals surface area contributed by atoms with Crippen LogP contribution in [0.15, 0.2) is 183 Å². The molecule has 0 aliphatic carbocycles. The van der Waals surface area contributed by atoms with Crippen molar-refractivity contribution in [2.24, 2.45) is 0 Å². The molecule has 0 radical (unpaired) electrons. The molecule has 9 heterocycles. The van der Waals surface area contributed by atoms with Crippen molar-refractivity contribution in [3.8, 4) is 57.5 Å². The van der Waals surface area contributed by atoms with Crippen molar-refractivity contribution in [1.29, 1.82) is 0 Å². The van der Waals surface area contributed by atoms with Crippen molar-refractivity contribution in [2.75, 3.05) is 124 Å². The number of rotatable bonds is 35. The molecule has 37 heteroatoms. The molecule has 5 saturated heterocycles. The molecule has 5 atom stereocenters. The van der Waals surface area contributed by atoms with E-state index in [2.05, 4.69) is 24.9 Å². The summed E-state index contributed by atoms with van der Waals surface area (Å²) >= 11 is 1.74. The highest BCUT2D eigenvalue weighted by Crippen LogP contribution is 2.37. The van der Waals surface area contributed by atoms with Crippen molar-refractivity contribution in [2.45, 2.75) is 148 Å². The van der Waals surface area contributed by atoms with Crippen LogP contribution in [0.2, 0.25) is 0 Å². The van der Waals surface area contributed by atoms with Crippen LogP contribution >= 0.6 is 11.8 Å². The van der Waals surface area contributed by atoms with Gasteiger partial charge in [-0.05, 0) is 201 Å². The number of thioether (sulfide) groups is 1. The molecule has 4 aromatic heterocycles. The Morgan fingerprint density at radius 2 is 0.632 bits per heavy atom. The molecule has 5 fully saturated rings. The fourth-order valence-electron chi connectivity index (χ4n) is 17.6. The van der Waals surface area contributed by atoms with Gasteiger partial charge in [0.15, 0.2) is 28.9 Å². The molecular formula is C107H124N10O26S. The van der Waals surface area contributed by atoms with E-state index in [1.54, 1.807) is 153 Å². The first kappa shape index (κ1) is 110. The van der Waals surface area contributed by atoms with E-state index >= 15 is 0 Å². The Morgan fingerprint density at radius 1 is 0.319 bits per heavy atom. The second kappa shape index (κ2) is 55.3. The van der Waals surface area contributed by atoms with Crippen LogP contribution in [0.1, 0.15) is 218 Å².